The number of amides is 1. The first-order valence-electron chi connectivity index (χ1n) is 8.42. The molecule has 0 aliphatic carbocycles. The molecule has 28 heavy (non-hydrogen) atoms. The molecule has 5 N–H and O–H groups in total. The smallest absolute Gasteiger partial charge is 0.262 e. The highest BCUT2D eigenvalue weighted by molar-refractivity contribution is 7.89. The van der Waals surface area contributed by atoms with Gasteiger partial charge in [0.05, 0.1) is 22.3 Å². The second-order valence-corrected chi connectivity index (χ2v) is 7.92. The first-order valence-corrected chi connectivity index (χ1v) is 9.90. The van der Waals surface area contributed by atoms with Gasteiger partial charge in [-0.3, -0.25) is 15.1 Å². The second-order valence-electron chi connectivity index (χ2n) is 6.15. The Morgan fingerprint density at radius 3 is 2.68 bits per heavy atom. The van der Waals surface area contributed by atoms with Crippen molar-refractivity contribution in [2.75, 3.05) is 13.6 Å². The van der Waals surface area contributed by atoms with Crippen LogP contribution in [0.1, 0.15) is 15.9 Å². The van der Waals surface area contributed by atoms with Crippen LogP contribution < -0.4 is 10.5 Å². The number of hydrogen-bond acceptors (Lipinski definition) is 5. The summed E-state index contributed by atoms with van der Waals surface area (Å²) in [4.78, 5) is 20.4. The summed E-state index contributed by atoms with van der Waals surface area (Å²) in [7, 11) is -2.52. The molecule has 3 rings (SSSR count). The predicted molar refractivity (Wildman–Crippen MR) is 105 cm³/mol. The molecule has 3 aromatic rings. The number of guanidine groups is 1. The molecule has 1 amide bonds. The van der Waals surface area contributed by atoms with Gasteiger partial charge in [-0.05, 0) is 24.1 Å². The van der Waals surface area contributed by atoms with Crippen molar-refractivity contribution < 1.29 is 13.2 Å². The molecule has 146 valence electrons. The van der Waals surface area contributed by atoms with Crippen molar-refractivity contribution in [1.29, 1.82) is 5.41 Å². The lowest BCUT2D eigenvalue weighted by Gasteiger charge is -2.16. The second kappa shape index (κ2) is 7.79. The molecule has 1 aromatic heterocycles. The molecule has 0 unspecified atom stereocenters. The van der Waals surface area contributed by atoms with Crippen molar-refractivity contribution in [1.82, 2.24) is 19.6 Å². The Hall–Kier alpha value is -3.24. The zero-order chi connectivity index (χ0) is 20.3. The fraction of sp³-hybridized carbons (Fsp3) is 0.167. The van der Waals surface area contributed by atoms with E-state index in [1.54, 1.807) is 0 Å². The number of imidazole rings is 1. The van der Waals surface area contributed by atoms with Crippen LogP contribution in [0.5, 0.6) is 0 Å². The quantitative estimate of drug-likeness (QED) is 0.361. The van der Waals surface area contributed by atoms with Gasteiger partial charge in [-0.25, -0.2) is 18.1 Å². The van der Waals surface area contributed by atoms with Gasteiger partial charge in [0, 0.05) is 13.6 Å². The molecule has 0 spiro atoms. The fourth-order valence-corrected chi connectivity index (χ4v) is 3.77. The average Bonchev–Trinajstić information content (AvgIpc) is 3.15. The van der Waals surface area contributed by atoms with E-state index in [4.69, 9.17) is 11.1 Å². The lowest BCUT2D eigenvalue weighted by atomic mass is 10.1. The van der Waals surface area contributed by atoms with Gasteiger partial charge >= 0.3 is 0 Å². The van der Waals surface area contributed by atoms with Crippen LogP contribution >= 0.6 is 0 Å². The fourth-order valence-electron chi connectivity index (χ4n) is 2.69. The number of sulfonamides is 1. The zero-order valence-electron chi connectivity index (χ0n) is 15.1. The molecule has 10 heteroatoms. The number of hydrogen-bond donors (Lipinski definition) is 4. The maximum absolute atomic E-state index is 12.7. The van der Waals surface area contributed by atoms with E-state index < -0.39 is 21.9 Å². The van der Waals surface area contributed by atoms with Gasteiger partial charge in [-0.2, -0.15) is 0 Å². The van der Waals surface area contributed by atoms with E-state index in [1.807, 2.05) is 30.3 Å². The minimum absolute atomic E-state index is 0.0416. The Kier molecular flexibility index (Phi) is 5.43. The minimum Gasteiger partial charge on any atom is -0.370 e. The van der Waals surface area contributed by atoms with Gasteiger partial charge in [0.25, 0.3) is 5.91 Å². The highest BCUT2D eigenvalue weighted by Crippen LogP contribution is 2.22. The van der Waals surface area contributed by atoms with Gasteiger partial charge in [-0.15, -0.1) is 0 Å². The highest BCUT2D eigenvalue weighted by Gasteiger charge is 2.23. The number of nitrogens with one attached hydrogen (secondary N) is 3. The number of nitrogens with two attached hydrogens (primary N) is 1. The number of carbonyl (C=O) groups excluding carboxylic acids is 1. The van der Waals surface area contributed by atoms with Crippen LogP contribution in [0.25, 0.3) is 11.0 Å². The number of benzene rings is 2. The number of nitrogens with zero attached hydrogens (tertiary/aromatic N) is 2. The van der Waals surface area contributed by atoms with Crippen molar-refractivity contribution in [3.8, 4) is 0 Å². The van der Waals surface area contributed by atoms with Crippen LogP contribution in [-0.2, 0) is 16.4 Å². The molecule has 0 radical (unpaired) electrons. The molecule has 0 aliphatic heterocycles. The van der Waals surface area contributed by atoms with Gasteiger partial charge < -0.3 is 10.7 Å². The summed E-state index contributed by atoms with van der Waals surface area (Å²) in [5.41, 5.74) is 7.12. The number of fused-ring (bicyclic) bond motifs is 1. The molecule has 0 aliphatic rings. The predicted octanol–water partition coefficient (Wildman–Crippen LogP) is 1.05. The summed E-state index contributed by atoms with van der Waals surface area (Å²) in [5, 5.41) is 7.42. The molecule has 0 atom stereocenters. The Labute approximate surface area is 162 Å². The Morgan fingerprint density at radius 2 is 2.00 bits per heavy atom. The molecule has 9 nitrogen and oxygen atoms in total. The summed E-state index contributed by atoms with van der Waals surface area (Å²) in [5.74, 6) is -1.08. The van der Waals surface area contributed by atoms with Crippen LogP contribution in [0.2, 0.25) is 0 Å². The summed E-state index contributed by atoms with van der Waals surface area (Å²) < 4.78 is 28.0. The van der Waals surface area contributed by atoms with E-state index in [2.05, 4.69) is 14.7 Å². The molecule has 0 fully saturated rings. The van der Waals surface area contributed by atoms with Crippen LogP contribution in [0.3, 0.4) is 0 Å². The van der Waals surface area contributed by atoms with Gasteiger partial charge in [0.2, 0.25) is 10.0 Å². The van der Waals surface area contributed by atoms with E-state index in [9.17, 15) is 13.2 Å². The van der Waals surface area contributed by atoms with Gasteiger partial charge in [-0.1, -0.05) is 30.3 Å². The largest absolute Gasteiger partial charge is 0.370 e. The summed E-state index contributed by atoms with van der Waals surface area (Å²) >= 11 is 0. The number of rotatable bonds is 6. The molecule has 0 saturated heterocycles. The van der Waals surface area contributed by atoms with Crippen molar-refractivity contribution in [3.05, 3.63) is 59.9 Å². The monoisotopic (exact) mass is 400 g/mol. The van der Waals surface area contributed by atoms with Crippen LogP contribution in [0.4, 0.5) is 0 Å². The number of aromatic nitrogens is 2. The number of H-pyrrole nitrogens is 1. The van der Waals surface area contributed by atoms with E-state index >= 15 is 0 Å². The van der Waals surface area contributed by atoms with E-state index in [0.29, 0.717) is 17.5 Å². The van der Waals surface area contributed by atoms with Gasteiger partial charge in [0.15, 0.2) is 5.96 Å². The van der Waals surface area contributed by atoms with Gasteiger partial charge in [0.1, 0.15) is 5.52 Å². The molecule has 1 heterocycles. The molecule has 0 bridgehead atoms. The first-order chi connectivity index (χ1) is 13.3. The highest BCUT2D eigenvalue weighted by atomic mass is 32.2. The maximum Gasteiger partial charge on any atom is 0.262 e. The van der Waals surface area contributed by atoms with Crippen molar-refractivity contribution in [2.24, 2.45) is 5.73 Å². The van der Waals surface area contributed by atoms with Crippen molar-refractivity contribution in [3.63, 3.8) is 0 Å². The third-order valence-corrected chi connectivity index (χ3v) is 5.69. The number of aromatic amines is 1. The zero-order valence-corrected chi connectivity index (χ0v) is 16.0. The Balaban J connectivity index is 1.89. The summed E-state index contributed by atoms with van der Waals surface area (Å²) in [6.07, 6.45) is 1.90. The molecule has 2 aromatic carbocycles. The van der Waals surface area contributed by atoms with Crippen LogP contribution in [-0.4, -0.2) is 48.7 Å². The lowest BCUT2D eigenvalue weighted by molar-refractivity contribution is 0.0870. The maximum atomic E-state index is 12.7. The summed E-state index contributed by atoms with van der Waals surface area (Å²) in [6, 6.07) is 12.2. The Bertz CT molecular complexity index is 1120. The van der Waals surface area contributed by atoms with Crippen LogP contribution in [0, 0.1) is 5.41 Å². The van der Waals surface area contributed by atoms with E-state index in [1.165, 1.54) is 25.5 Å². The molecular weight excluding hydrogens is 380 g/mol. The molecule has 0 saturated carbocycles. The third-order valence-electron chi connectivity index (χ3n) is 4.25. The molecular formula is C18H20N6O3S. The Morgan fingerprint density at radius 1 is 1.29 bits per heavy atom. The normalized spacial score (nSPS) is 11.5. The van der Waals surface area contributed by atoms with E-state index in [0.717, 1.165) is 10.5 Å². The first kappa shape index (κ1) is 19.5. The van der Waals surface area contributed by atoms with Crippen LogP contribution in [0.15, 0.2) is 53.7 Å². The van der Waals surface area contributed by atoms with Crippen molar-refractivity contribution in [2.45, 2.75) is 11.3 Å². The summed E-state index contributed by atoms with van der Waals surface area (Å²) in [6.45, 7) is 0.212. The van der Waals surface area contributed by atoms with Crippen molar-refractivity contribution >= 4 is 32.9 Å². The third kappa shape index (κ3) is 4.02. The SMILES string of the molecule is CN(C(=N)N)C(=O)c1cc(S(=O)(=O)NCCc2ccccc2)cc2[nH]cnc12. The lowest BCUT2D eigenvalue weighted by Crippen LogP contribution is -2.38. The standard InChI is InChI=1S/C18H20N6O3S/c1-24(18(19)20)17(25)14-9-13(10-15-16(14)22-11-21-15)28(26,27)23-8-7-12-5-3-2-4-6-12/h2-6,9-11,23H,7-8H2,1H3,(H3,19,20)(H,21,22). The number of carbonyl (C=O) groups is 1. The average molecular weight is 400 g/mol. The van der Waals surface area contributed by atoms with E-state index in [-0.39, 0.29) is 17.0 Å². The minimum atomic E-state index is -3.86. The topological polar surface area (TPSA) is 145 Å².